The molecule has 162 valence electrons. The number of fused-ring (bicyclic) bond motifs is 1. The summed E-state index contributed by atoms with van der Waals surface area (Å²) < 4.78 is 0. The molecule has 0 aliphatic carbocycles. The number of nitrogens with zero attached hydrogens (tertiary/aromatic N) is 2. The molecule has 0 atom stereocenters. The predicted octanol–water partition coefficient (Wildman–Crippen LogP) is 3.55. The van der Waals surface area contributed by atoms with E-state index in [1.165, 1.54) is 0 Å². The molecule has 6 heteroatoms. The quantitative estimate of drug-likeness (QED) is 0.426. The van der Waals surface area contributed by atoms with E-state index in [1.54, 1.807) is 30.3 Å². The third-order valence-corrected chi connectivity index (χ3v) is 4.96. The molecule has 3 aromatic rings. The van der Waals surface area contributed by atoms with Crippen molar-refractivity contribution in [1.82, 2.24) is 15.5 Å². The summed E-state index contributed by atoms with van der Waals surface area (Å²) in [5.74, 6) is -0.761. The number of rotatable bonds is 8. The van der Waals surface area contributed by atoms with Gasteiger partial charge in [0, 0.05) is 12.1 Å². The zero-order valence-corrected chi connectivity index (χ0v) is 18.3. The minimum absolute atomic E-state index is 0.167. The van der Waals surface area contributed by atoms with Gasteiger partial charge in [0.1, 0.15) is 5.70 Å². The summed E-state index contributed by atoms with van der Waals surface area (Å²) in [4.78, 5) is 27.8. The fraction of sp³-hybridized carbons (Fsp3) is 0.192. The van der Waals surface area contributed by atoms with Gasteiger partial charge in [-0.2, -0.15) is 5.26 Å². The van der Waals surface area contributed by atoms with Crippen molar-refractivity contribution in [2.24, 2.45) is 0 Å². The number of nitrogens with one attached hydrogen (secondary N) is 2. The molecular formula is C26H26N4O2. The third-order valence-electron chi connectivity index (χ3n) is 4.96. The van der Waals surface area contributed by atoms with Crippen LogP contribution in [0.15, 0.2) is 72.4 Å². The lowest BCUT2D eigenvalue weighted by molar-refractivity contribution is -0.117. The molecule has 3 rings (SSSR count). The zero-order valence-electron chi connectivity index (χ0n) is 18.3. The number of nitriles is 1. The Labute approximate surface area is 188 Å². The Balaban J connectivity index is 1.88. The molecule has 0 radical (unpaired) electrons. The van der Waals surface area contributed by atoms with Crippen molar-refractivity contribution in [3.05, 3.63) is 89.1 Å². The molecule has 0 heterocycles. The van der Waals surface area contributed by atoms with Gasteiger partial charge in [-0.25, -0.2) is 0 Å². The summed E-state index contributed by atoms with van der Waals surface area (Å²) in [6.45, 7) is 1.34. The van der Waals surface area contributed by atoms with Gasteiger partial charge in [0.05, 0.1) is 11.6 Å². The van der Waals surface area contributed by atoms with Crippen molar-refractivity contribution in [1.29, 1.82) is 5.26 Å². The molecule has 0 fully saturated rings. The number of benzene rings is 3. The van der Waals surface area contributed by atoms with Gasteiger partial charge in [-0.1, -0.05) is 42.5 Å². The van der Waals surface area contributed by atoms with Crippen LogP contribution in [0.2, 0.25) is 0 Å². The van der Waals surface area contributed by atoms with Gasteiger partial charge in [0.15, 0.2) is 0 Å². The smallest absolute Gasteiger partial charge is 0.267 e. The van der Waals surface area contributed by atoms with Crippen LogP contribution in [0.5, 0.6) is 0 Å². The van der Waals surface area contributed by atoms with E-state index in [1.807, 2.05) is 67.5 Å². The lowest BCUT2D eigenvalue weighted by Gasteiger charge is -2.13. The van der Waals surface area contributed by atoms with Crippen molar-refractivity contribution in [3.8, 4) is 6.07 Å². The van der Waals surface area contributed by atoms with E-state index in [-0.39, 0.29) is 11.6 Å². The summed E-state index contributed by atoms with van der Waals surface area (Å²) in [6, 6.07) is 22.0. The Bertz CT molecular complexity index is 1170. The Hall–Kier alpha value is -3.95. The molecule has 0 saturated heterocycles. The van der Waals surface area contributed by atoms with Gasteiger partial charge in [0.25, 0.3) is 11.8 Å². The van der Waals surface area contributed by atoms with Crippen molar-refractivity contribution >= 4 is 28.7 Å². The lowest BCUT2D eigenvalue weighted by Crippen LogP contribution is -2.36. The van der Waals surface area contributed by atoms with E-state index in [9.17, 15) is 9.59 Å². The van der Waals surface area contributed by atoms with Gasteiger partial charge in [-0.15, -0.1) is 0 Å². The molecule has 0 aliphatic heterocycles. The van der Waals surface area contributed by atoms with Crippen molar-refractivity contribution in [2.75, 3.05) is 27.2 Å². The molecule has 6 nitrogen and oxygen atoms in total. The summed E-state index contributed by atoms with van der Waals surface area (Å²) in [5, 5.41) is 16.6. The monoisotopic (exact) mass is 426 g/mol. The van der Waals surface area contributed by atoms with E-state index in [4.69, 9.17) is 5.26 Å². The van der Waals surface area contributed by atoms with Gasteiger partial charge >= 0.3 is 0 Å². The van der Waals surface area contributed by atoms with Crippen LogP contribution < -0.4 is 10.6 Å². The number of carbonyl (C=O) groups excluding carboxylic acids is 2. The third kappa shape index (κ3) is 6.03. The zero-order chi connectivity index (χ0) is 22.9. The molecule has 0 spiro atoms. The maximum atomic E-state index is 12.9. The second-order valence-electron chi connectivity index (χ2n) is 7.68. The number of amides is 2. The Morgan fingerprint density at radius 3 is 2.44 bits per heavy atom. The second kappa shape index (κ2) is 10.9. The Kier molecular flexibility index (Phi) is 7.74. The molecular weight excluding hydrogens is 400 g/mol. The lowest BCUT2D eigenvalue weighted by atomic mass is 10.0. The fourth-order valence-electron chi connectivity index (χ4n) is 3.27. The van der Waals surface area contributed by atoms with Gasteiger partial charge < -0.3 is 15.5 Å². The molecule has 0 aromatic heterocycles. The predicted molar refractivity (Wildman–Crippen MR) is 127 cm³/mol. The van der Waals surface area contributed by atoms with Crippen LogP contribution in [-0.4, -0.2) is 43.9 Å². The van der Waals surface area contributed by atoms with E-state index >= 15 is 0 Å². The van der Waals surface area contributed by atoms with E-state index in [0.717, 1.165) is 29.3 Å². The van der Waals surface area contributed by atoms with Crippen molar-refractivity contribution in [2.45, 2.75) is 6.42 Å². The standard InChI is InChI=1S/C26H26N4O2/c1-30(2)16-6-15-28-26(32)24(29-25(31)21-13-11-19(18-27)12-14-21)17-22-9-5-8-20-7-3-4-10-23(20)22/h3-5,7-14,17H,6,15-16H2,1-2H3,(H,28,32)(H,29,31)/b24-17-. The molecule has 2 amide bonds. The summed E-state index contributed by atoms with van der Waals surface area (Å²) >= 11 is 0. The number of hydrogen-bond acceptors (Lipinski definition) is 4. The highest BCUT2D eigenvalue weighted by Crippen LogP contribution is 2.20. The molecule has 3 aromatic carbocycles. The molecule has 0 saturated carbocycles. The van der Waals surface area contributed by atoms with Gasteiger partial charge in [-0.05, 0) is 73.7 Å². The van der Waals surface area contributed by atoms with Crippen molar-refractivity contribution in [3.63, 3.8) is 0 Å². The van der Waals surface area contributed by atoms with Crippen LogP contribution in [0.1, 0.15) is 27.9 Å². The van der Waals surface area contributed by atoms with Gasteiger partial charge in [0.2, 0.25) is 0 Å². The molecule has 2 N–H and O–H groups in total. The second-order valence-corrected chi connectivity index (χ2v) is 7.68. The van der Waals surface area contributed by atoms with Crippen LogP contribution >= 0.6 is 0 Å². The van der Waals surface area contributed by atoms with E-state index in [0.29, 0.717) is 17.7 Å². The molecule has 0 unspecified atom stereocenters. The first-order valence-corrected chi connectivity index (χ1v) is 10.4. The SMILES string of the molecule is CN(C)CCCNC(=O)/C(=C/c1cccc2ccccc12)NC(=O)c1ccc(C#N)cc1. The average Bonchev–Trinajstić information content (AvgIpc) is 2.81. The Morgan fingerprint density at radius 2 is 1.72 bits per heavy atom. The van der Waals surface area contributed by atoms with Crippen LogP contribution in [0.4, 0.5) is 0 Å². The largest absolute Gasteiger partial charge is 0.351 e. The minimum atomic E-state index is -0.413. The highest BCUT2D eigenvalue weighted by atomic mass is 16.2. The van der Waals surface area contributed by atoms with Crippen LogP contribution in [-0.2, 0) is 4.79 Å². The maximum Gasteiger partial charge on any atom is 0.267 e. The van der Waals surface area contributed by atoms with Crippen LogP contribution in [0, 0.1) is 11.3 Å². The minimum Gasteiger partial charge on any atom is -0.351 e. The summed E-state index contributed by atoms with van der Waals surface area (Å²) in [5.41, 5.74) is 1.84. The normalized spacial score (nSPS) is 11.2. The van der Waals surface area contributed by atoms with Crippen LogP contribution in [0.3, 0.4) is 0 Å². The topological polar surface area (TPSA) is 85.2 Å². The van der Waals surface area contributed by atoms with Crippen LogP contribution in [0.25, 0.3) is 16.8 Å². The maximum absolute atomic E-state index is 12.9. The highest BCUT2D eigenvalue weighted by Gasteiger charge is 2.15. The van der Waals surface area contributed by atoms with E-state index < -0.39 is 5.91 Å². The van der Waals surface area contributed by atoms with E-state index in [2.05, 4.69) is 10.6 Å². The average molecular weight is 427 g/mol. The first-order chi connectivity index (χ1) is 15.5. The first-order valence-electron chi connectivity index (χ1n) is 10.4. The molecule has 32 heavy (non-hydrogen) atoms. The first kappa shape index (κ1) is 22.7. The Morgan fingerprint density at radius 1 is 1.00 bits per heavy atom. The van der Waals surface area contributed by atoms with Crippen molar-refractivity contribution < 1.29 is 9.59 Å². The number of hydrogen-bond donors (Lipinski definition) is 2. The molecule has 0 aliphatic rings. The number of carbonyl (C=O) groups is 2. The summed E-state index contributed by atoms with van der Waals surface area (Å²) in [6.07, 6.45) is 2.50. The summed E-state index contributed by atoms with van der Waals surface area (Å²) in [7, 11) is 3.96. The van der Waals surface area contributed by atoms with Gasteiger partial charge in [-0.3, -0.25) is 9.59 Å². The highest BCUT2D eigenvalue weighted by molar-refractivity contribution is 6.06. The molecule has 0 bridgehead atoms. The fourth-order valence-corrected chi connectivity index (χ4v) is 3.27.